The highest BCUT2D eigenvalue weighted by atomic mass is 19.3. The van der Waals surface area contributed by atoms with Gasteiger partial charge in [0, 0.05) is 12.0 Å². The van der Waals surface area contributed by atoms with Crippen LogP contribution in [0.4, 0.5) is 13.2 Å². The van der Waals surface area contributed by atoms with Gasteiger partial charge in [0.25, 0.3) is 5.92 Å². The van der Waals surface area contributed by atoms with Crippen LogP contribution < -0.4 is 0 Å². The second kappa shape index (κ2) is 4.25. The smallest absolute Gasteiger partial charge is 0.207 e. The molecule has 0 aliphatic rings. The minimum Gasteiger partial charge on any atom is -0.207 e. The second-order valence-electron chi connectivity index (χ2n) is 3.94. The molecule has 0 radical (unpaired) electrons. The fourth-order valence-electron chi connectivity index (χ4n) is 1.54. The standard InChI is InChI=1S/C12H15F3/c1-4-12(14,15)11-7-9(13)5-6-10(11)8(2)3/h5-8H,4H2,1-3H3. The van der Waals surface area contributed by atoms with Crippen LogP contribution in [0.1, 0.15) is 44.2 Å². The molecule has 0 aliphatic carbocycles. The lowest BCUT2D eigenvalue weighted by atomic mass is 9.92. The first-order valence-corrected chi connectivity index (χ1v) is 5.06. The van der Waals surface area contributed by atoms with Crippen LogP contribution in [-0.2, 0) is 5.92 Å². The Bertz CT molecular complexity index is 343. The van der Waals surface area contributed by atoms with Crippen LogP contribution in [0.15, 0.2) is 18.2 Å². The van der Waals surface area contributed by atoms with Gasteiger partial charge in [-0.3, -0.25) is 0 Å². The van der Waals surface area contributed by atoms with Crippen LogP contribution >= 0.6 is 0 Å². The lowest BCUT2D eigenvalue weighted by molar-refractivity contribution is -0.00966. The second-order valence-corrected chi connectivity index (χ2v) is 3.94. The number of benzene rings is 1. The van der Waals surface area contributed by atoms with E-state index in [0.29, 0.717) is 5.56 Å². The molecule has 3 heteroatoms. The zero-order chi connectivity index (χ0) is 11.6. The summed E-state index contributed by atoms with van der Waals surface area (Å²) in [4.78, 5) is 0. The molecule has 0 aromatic heterocycles. The molecule has 0 aliphatic heterocycles. The predicted molar refractivity (Wildman–Crippen MR) is 54.7 cm³/mol. The molecule has 0 bridgehead atoms. The zero-order valence-electron chi connectivity index (χ0n) is 9.15. The highest BCUT2D eigenvalue weighted by Crippen LogP contribution is 2.36. The summed E-state index contributed by atoms with van der Waals surface area (Å²) < 4.78 is 40.0. The number of hydrogen-bond acceptors (Lipinski definition) is 0. The van der Waals surface area contributed by atoms with E-state index in [0.717, 1.165) is 6.07 Å². The molecule has 84 valence electrons. The zero-order valence-corrected chi connectivity index (χ0v) is 9.15. The third-order valence-electron chi connectivity index (χ3n) is 2.48. The first-order valence-electron chi connectivity index (χ1n) is 5.06. The summed E-state index contributed by atoms with van der Waals surface area (Å²) >= 11 is 0. The first-order chi connectivity index (χ1) is 6.88. The molecule has 0 nitrogen and oxygen atoms in total. The van der Waals surface area contributed by atoms with Crippen LogP contribution in [0.2, 0.25) is 0 Å². The van der Waals surface area contributed by atoms with E-state index >= 15 is 0 Å². The molecule has 0 heterocycles. The first kappa shape index (κ1) is 12.1. The minimum atomic E-state index is -2.94. The summed E-state index contributed by atoms with van der Waals surface area (Å²) in [5, 5.41) is 0. The van der Waals surface area contributed by atoms with Gasteiger partial charge in [0.05, 0.1) is 0 Å². The predicted octanol–water partition coefficient (Wildman–Crippen LogP) is 4.45. The third kappa shape index (κ3) is 2.52. The van der Waals surface area contributed by atoms with E-state index in [1.807, 2.05) is 13.8 Å². The summed E-state index contributed by atoms with van der Waals surface area (Å²) in [7, 11) is 0. The Balaban J connectivity index is 3.30. The summed E-state index contributed by atoms with van der Waals surface area (Å²) in [6.45, 7) is 5.04. The van der Waals surface area contributed by atoms with Crippen molar-refractivity contribution in [2.24, 2.45) is 0 Å². The van der Waals surface area contributed by atoms with Crippen molar-refractivity contribution in [1.29, 1.82) is 0 Å². The Labute approximate surface area is 88.1 Å². The lowest BCUT2D eigenvalue weighted by Crippen LogP contribution is -2.15. The van der Waals surface area contributed by atoms with Crippen LogP contribution in [0.25, 0.3) is 0 Å². The number of hydrogen-bond donors (Lipinski definition) is 0. The largest absolute Gasteiger partial charge is 0.273 e. The van der Waals surface area contributed by atoms with Gasteiger partial charge in [0.15, 0.2) is 0 Å². The molecular formula is C12H15F3. The molecule has 0 unspecified atom stereocenters. The Kier molecular flexibility index (Phi) is 3.42. The van der Waals surface area contributed by atoms with E-state index in [9.17, 15) is 13.2 Å². The molecule has 0 saturated heterocycles. The highest BCUT2D eigenvalue weighted by Gasteiger charge is 2.32. The Morgan fingerprint density at radius 1 is 1.27 bits per heavy atom. The van der Waals surface area contributed by atoms with Crippen LogP contribution in [0.3, 0.4) is 0 Å². The van der Waals surface area contributed by atoms with Gasteiger partial charge in [-0.1, -0.05) is 26.8 Å². The molecule has 0 N–H and O–H groups in total. The van der Waals surface area contributed by atoms with E-state index < -0.39 is 11.7 Å². The van der Waals surface area contributed by atoms with E-state index in [1.54, 1.807) is 0 Å². The van der Waals surface area contributed by atoms with Crippen molar-refractivity contribution in [1.82, 2.24) is 0 Å². The average Bonchev–Trinajstić information content (AvgIpc) is 2.17. The van der Waals surface area contributed by atoms with Crippen LogP contribution in [0, 0.1) is 5.82 Å². The molecule has 0 spiro atoms. The Morgan fingerprint density at radius 2 is 1.87 bits per heavy atom. The van der Waals surface area contributed by atoms with Crippen molar-refractivity contribution in [2.75, 3.05) is 0 Å². The van der Waals surface area contributed by atoms with Crippen molar-refractivity contribution in [2.45, 2.75) is 39.0 Å². The fourth-order valence-corrected chi connectivity index (χ4v) is 1.54. The molecule has 1 aromatic rings. The summed E-state index contributed by atoms with van der Waals surface area (Å²) in [5.41, 5.74) is 0.336. The molecular weight excluding hydrogens is 201 g/mol. The number of alkyl halides is 2. The Morgan fingerprint density at radius 3 is 2.33 bits per heavy atom. The summed E-state index contributed by atoms with van der Waals surface area (Å²) in [5.74, 6) is -3.58. The molecule has 1 aromatic carbocycles. The van der Waals surface area contributed by atoms with Crippen molar-refractivity contribution >= 4 is 0 Å². The minimum absolute atomic E-state index is 0.0296. The van der Waals surface area contributed by atoms with E-state index in [1.165, 1.54) is 19.1 Å². The van der Waals surface area contributed by atoms with E-state index in [-0.39, 0.29) is 17.9 Å². The van der Waals surface area contributed by atoms with Crippen LogP contribution in [-0.4, -0.2) is 0 Å². The van der Waals surface area contributed by atoms with Crippen LogP contribution in [0.5, 0.6) is 0 Å². The van der Waals surface area contributed by atoms with E-state index in [2.05, 4.69) is 0 Å². The lowest BCUT2D eigenvalue weighted by Gasteiger charge is -2.20. The van der Waals surface area contributed by atoms with Gasteiger partial charge in [-0.2, -0.15) is 0 Å². The SMILES string of the molecule is CCC(F)(F)c1cc(F)ccc1C(C)C. The quantitative estimate of drug-likeness (QED) is 0.700. The summed E-state index contributed by atoms with van der Waals surface area (Å²) in [6, 6.07) is 3.61. The monoisotopic (exact) mass is 216 g/mol. The molecule has 1 rings (SSSR count). The van der Waals surface area contributed by atoms with Gasteiger partial charge in [-0.05, 0) is 23.6 Å². The normalized spacial score (nSPS) is 12.2. The molecule has 0 amide bonds. The van der Waals surface area contributed by atoms with Gasteiger partial charge < -0.3 is 0 Å². The average molecular weight is 216 g/mol. The molecule has 0 fully saturated rings. The van der Waals surface area contributed by atoms with Gasteiger partial charge >= 0.3 is 0 Å². The maximum atomic E-state index is 13.5. The Hall–Kier alpha value is -0.990. The number of rotatable bonds is 3. The van der Waals surface area contributed by atoms with Crippen molar-refractivity contribution in [3.63, 3.8) is 0 Å². The van der Waals surface area contributed by atoms with Gasteiger partial charge in [-0.25, -0.2) is 13.2 Å². The van der Waals surface area contributed by atoms with Crippen molar-refractivity contribution < 1.29 is 13.2 Å². The van der Waals surface area contributed by atoms with Crippen molar-refractivity contribution in [3.05, 3.63) is 35.1 Å². The highest BCUT2D eigenvalue weighted by molar-refractivity contribution is 5.33. The van der Waals surface area contributed by atoms with E-state index in [4.69, 9.17) is 0 Å². The van der Waals surface area contributed by atoms with Gasteiger partial charge in [0.1, 0.15) is 5.82 Å². The summed E-state index contributed by atoms with van der Waals surface area (Å²) in [6.07, 6.45) is -0.309. The van der Waals surface area contributed by atoms with Crippen molar-refractivity contribution in [3.8, 4) is 0 Å². The van der Waals surface area contributed by atoms with Gasteiger partial charge in [0.2, 0.25) is 0 Å². The molecule has 15 heavy (non-hydrogen) atoms. The maximum Gasteiger partial charge on any atom is 0.273 e. The maximum absolute atomic E-state index is 13.5. The third-order valence-corrected chi connectivity index (χ3v) is 2.48. The number of halogens is 3. The molecule has 0 atom stereocenters. The van der Waals surface area contributed by atoms with Gasteiger partial charge in [-0.15, -0.1) is 0 Å². The fraction of sp³-hybridized carbons (Fsp3) is 0.500. The topological polar surface area (TPSA) is 0 Å². The molecule has 0 saturated carbocycles.